The van der Waals surface area contributed by atoms with Crippen LogP contribution < -0.4 is 15.4 Å². The van der Waals surface area contributed by atoms with Crippen LogP contribution >= 0.6 is 11.6 Å². The molecule has 1 amide bonds. The number of benzene rings is 2. The van der Waals surface area contributed by atoms with Crippen LogP contribution in [0.2, 0.25) is 5.02 Å². The van der Waals surface area contributed by atoms with E-state index in [1.165, 1.54) is 24.5 Å². The van der Waals surface area contributed by atoms with Crippen LogP contribution in [0.15, 0.2) is 48.8 Å². The minimum absolute atomic E-state index is 0.00950. The van der Waals surface area contributed by atoms with Crippen molar-refractivity contribution in [3.05, 3.63) is 59.7 Å². The minimum atomic E-state index is -0.513. The topological polar surface area (TPSA) is 88.6 Å². The van der Waals surface area contributed by atoms with Crippen molar-refractivity contribution >= 4 is 45.6 Å². The summed E-state index contributed by atoms with van der Waals surface area (Å²) in [6, 6.07) is 7.95. The average Bonchev–Trinajstić information content (AvgIpc) is 3.38. The minimum Gasteiger partial charge on any atom is -0.490 e. The van der Waals surface area contributed by atoms with Crippen molar-refractivity contribution in [2.24, 2.45) is 0 Å². The highest BCUT2D eigenvalue weighted by Gasteiger charge is 2.19. The van der Waals surface area contributed by atoms with Gasteiger partial charge in [0.25, 0.3) is 0 Å². The number of hydrogen-bond donors (Lipinski definition) is 2. The highest BCUT2D eigenvalue weighted by molar-refractivity contribution is 6.31. The third-order valence-corrected chi connectivity index (χ3v) is 6.41. The lowest BCUT2D eigenvalue weighted by Crippen LogP contribution is -2.23. The molecule has 37 heavy (non-hydrogen) atoms. The van der Waals surface area contributed by atoms with E-state index < -0.39 is 5.82 Å². The number of hydrogen-bond acceptors (Lipinski definition) is 7. The fraction of sp³-hybridized carbons (Fsp3) is 0.370. The van der Waals surface area contributed by atoms with Crippen LogP contribution in [0.4, 0.5) is 21.6 Å². The van der Waals surface area contributed by atoms with E-state index in [2.05, 4.69) is 20.6 Å². The SMILES string of the molecule is COCCN(C)C/C=C/C(=O)Nc1cc(OC2CCCC2)cc2ncnc(Nc3ccc(F)c(Cl)c3)c12. The third-order valence-electron chi connectivity index (χ3n) is 6.12. The molecule has 1 fully saturated rings. The number of fused-ring (bicyclic) bond motifs is 1. The first kappa shape index (κ1) is 26.8. The summed E-state index contributed by atoms with van der Waals surface area (Å²) in [5, 5.41) is 6.72. The van der Waals surface area contributed by atoms with Gasteiger partial charge in [0, 0.05) is 44.1 Å². The fourth-order valence-electron chi connectivity index (χ4n) is 4.19. The average molecular weight is 528 g/mol. The summed E-state index contributed by atoms with van der Waals surface area (Å²) in [4.78, 5) is 23.7. The predicted octanol–water partition coefficient (Wildman–Crippen LogP) is 5.56. The molecule has 0 saturated heterocycles. The largest absolute Gasteiger partial charge is 0.490 e. The lowest BCUT2D eigenvalue weighted by atomic mass is 10.1. The molecule has 1 aromatic heterocycles. The van der Waals surface area contributed by atoms with Gasteiger partial charge in [-0.2, -0.15) is 0 Å². The summed E-state index contributed by atoms with van der Waals surface area (Å²) < 4.78 is 25.0. The Balaban J connectivity index is 1.63. The number of rotatable bonds is 11. The van der Waals surface area contributed by atoms with Gasteiger partial charge in [0.15, 0.2) is 0 Å². The Morgan fingerprint density at radius 1 is 1.24 bits per heavy atom. The van der Waals surface area contributed by atoms with Crippen molar-refractivity contribution in [3.63, 3.8) is 0 Å². The number of likely N-dealkylation sites (N-methyl/N-ethyl adjacent to an activating group) is 1. The molecule has 1 heterocycles. The number of carbonyl (C=O) groups excluding carboxylic acids is 1. The van der Waals surface area contributed by atoms with Crippen molar-refractivity contribution in [3.8, 4) is 5.75 Å². The number of aromatic nitrogens is 2. The number of methoxy groups -OCH3 is 1. The number of ether oxygens (including phenoxy) is 2. The summed E-state index contributed by atoms with van der Waals surface area (Å²) in [6.45, 7) is 1.97. The summed E-state index contributed by atoms with van der Waals surface area (Å²) >= 11 is 5.96. The second-order valence-electron chi connectivity index (χ2n) is 9.01. The van der Waals surface area contributed by atoms with Crippen LogP contribution in [0.5, 0.6) is 5.75 Å². The smallest absolute Gasteiger partial charge is 0.248 e. The lowest BCUT2D eigenvalue weighted by molar-refractivity contribution is -0.111. The lowest BCUT2D eigenvalue weighted by Gasteiger charge is -2.17. The van der Waals surface area contributed by atoms with E-state index in [1.54, 1.807) is 25.3 Å². The molecule has 4 rings (SSSR count). The monoisotopic (exact) mass is 527 g/mol. The number of nitrogens with one attached hydrogen (secondary N) is 2. The van der Waals surface area contributed by atoms with Crippen molar-refractivity contribution in [2.75, 3.05) is 44.5 Å². The van der Waals surface area contributed by atoms with Crippen LogP contribution in [0.25, 0.3) is 10.9 Å². The Labute approximate surface area is 220 Å². The van der Waals surface area contributed by atoms with Gasteiger partial charge < -0.3 is 25.0 Å². The van der Waals surface area contributed by atoms with E-state index in [4.69, 9.17) is 21.1 Å². The molecular formula is C27H31ClFN5O3. The first-order valence-corrected chi connectivity index (χ1v) is 12.6. The van der Waals surface area contributed by atoms with Gasteiger partial charge in [-0.05, 0) is 50.9 Å². The van der Waals surface area contributed by atoms with Crippen molar-refractivity contribution in [1.29, 1.82) is 0 Å². The molecule has 2 aromatic carbocycles. The van der Waals surface area contributed by atoms with Gasteiger partial charge in [0.2, 0.25) is 5.91 Å². The van der Waals surface area contributed by atoms with E-state index >= 15 is 0 Å². The van der Waals surface area contributed by atoms with Gasteiger partial charge in [-0.1, -0.05) is 17.7 Å². The van der Waals surface area contributed by atoms with E-state index in [0.29, 0.717) is 47.0 Å². The van der Waals surface area contributed by atoms with E-state index in [9.17, 15) is 9.18 Å². The van der Waals surface area contributed by atoms with Crippen LogP contribution in [-0.2, 0) is 9.53 Å². The van der Waals surface area contributed by atoms with Gasteiger partial charge in [0.05, 0.1) is 34.3 Å². The molecule has 8 nitrogen and oxygen atoms in total. The van der Waals surface area contributed by atoms with E-state index in [-0.39, 0.29) is 17.0 Å². The van der Waals surface area contributed by atoms with Gasteiger partial charge in [0.1, 0.15) is 23.7 Å². The molecule has 0 unspecified atom stereocenters. The normalized spacial score (nSPS) is 14.1. The molecule has 196 valence electrons. The second kappa shape index (κ2) is 12.8. The zero-order valence-electron chi connectivity index (χ0n) is 21.0. The molecule has 2 N–H and O–H groups in total. The molecule has 3 aromatic rings. The Kier molecular flexibility index (Phi) is 9.27. The summed E-state index contributed by atoms with van der Waals surface area (Å²) in [5.41, 5.74) is 1.65. The van der Waals surface area contributed by atoms with Crippen LogP contribution in [0.3, 0.4) is 0 Å². The first-order chi connectivity index (χ1) is 17.9. The number of amides is 1. The first-order valence-electron chi connectivity index (χ1n) is 12.3. The number of carbonyl (C=O) groups is 1. The Morgan fingerprint density at radius 3 is 2.81 bits per heavy atom. The predicted molar refractivity (Wildman–Crippen MR) is 144 cm³/mol. The van der Waals surface area contributed by atoms with Gasteiger partial charge in [-0.15, -0.1) is 0 Å². The fourth-order valence-corrected chi connectivity index (χ4v) is 4.37. The van der Waals surface area contributed by atoms with Crippen LogP contribution in [-0.4, -0.2) is 60.7 Å². The van der Waals surface area contributed by atoms with Crippen LogP contribution in [0.1, 0.15) is 25.7 Å². The Bertz CT molecular complexity index is 1270. The maximum Gasteiger partial charge on any atom is 0.248 e. The number of halogens is 2. The van der Waals surface area contributed by atoms with Gasteiger partial charge >= 0.3 is 0 Å². The maximum atomic E-state index is 13.7. The summed E-state index contributed by atoms with van der Waals surface area (Å²) in [6.07, 6.45) is 9.14. The number of nitrogens with zero attached hydrogens (tertiary/aromatic N) is 3. The second-order valence-corrected chi connectivity index (χ2v) is 9.42. The highest BCUT2D eigenvalue weighted by Crippen LogP contribution is 2.36. The molecule has 0 spiro atoms. The summed E-state index contributed by atoms with van der Waals surface area (Å²) in [5.74, 6) is 0.270. The Hall–Kier alpha value is -3.27. The Morgan fingerprint density at radius 2 is 2.05 bits per heavy atom. The van der Waals surface area contributed by atoms with E-state index in [0.717, 1.165) is 32.2 Å². The highest BCUT2D eigenvalue weighted by atomic mass is 35.5. The quantitative estimate of drug-likeness (QED) is 0.315. The molecule has 1 aliphatic rings. The molecular weight excluding hydrogens is 497 g/mol. The maximum absolute atomic E-state index is 13.7. The zero-order chi connectivity index (χ0) is 26.2. The van der Waals surface area contributed by atoms with Gasteiger partial charge in [-0.25, -0.2) is 14.4 Å². The van der Waals surface area contributed by atoms with Crippen LogP contribution in [0, 0.1) is 5.82 Å². The molecule has 10 heteroatoms. The zero-order valence-corrected chi connectivity index (χ0v) is 21.7. The van der Waals surface area contributed by atoms with Crippen molar-refractivity contribution in [1.82, 2.24) is 14.9 Å². The number of anilines is 3. The standard InChI is InChI=1S/C27H31ClFN5O3/c1-34(12-13-36-2)11-5-8-25(35)33-24-16-20(37-19-6-3-4-7-19)15-23-26(24)27(31-17-30-23)32-18-9-10-22(29)21(28)14-18/h5,8-10,14-17,19H,3-4,6-7,11-13H2,1-2H3,(H,33,35)(H,30,31,32)/b8-5+. The molecule has 0 radical (unpaired) electrons. The summed E-state index contributed by atoms with van der Waals surface area (Å²) in [7, 11) is 3.61. The van der Waals surface area contributed by atoms with Crippen molar-refractivity contribution in [2.45, 2.75) is 31.8 Å². The third kappa shape index (κ3) is 7.38. The molecule has 0 bridgehead atoms. The molecule has 0 aliphatic heterocycles. The van der Waals surface area contributed by atoms with E-state index in [1.807, 2.05) is 18.0 Å². The molecule has 0 atom stereocenters. The molecule has 1 saturated carbocycles. The van der Waals surface area contributed by atoms with Gasteiger partial charge in [-0.3, -0.25) is 4.79 Å². The molecule has 1 aliphatic carbocycles. The van der Waals surface area contributed by atoms with Crippen molar-refractivity contribution < 1.29 is 18.7 Å².